The summed E-state index contributed by atoms with van der Waals surface area (Å²) in [7, 11) is 1.68. The number of ether oxygens (including phenoxy) is 1. The maximum atomic E-state index is 8.38. The van der Waals surface area contributed by atoms with Gasteiger partial charge in [-0.05, 0) is 36.6 Å². The van der Waals surface area contributed by atoms with Crippen LogP contribution in [0.2, 0.25) is 0 Å². The topological polar surface area (TPSA) is 78.0 Å². The van der Waals surface area contributed by atoms with Crippen LogP contribution in [0, 0.1) is 10.8 Å². The Hall–Kier alpha value is -3.15. The van der Waals surface area contributed by atoms with Gasteiger partial charge in [0.2, 0.25) is 0 Å². The lowest BCUT2D eigenvalue weighted by Crippen LogP contribution is -2.35. The van der Waals surface area contributed by atoms with Crippen molar-refractivity contribution in [2.24, 2.45) is 0 Å². The van der Waals surface area contributed by atoms with E-state index in [0.717, 1.165) is 41.9 Å². The van der Waals surface area contributed by atoms with Crippen LogP contribution in [0.25, 0.3) is 10.8 Å². The zero-order valence-electron chi connectivity index (χ0n) is 14.9. The van der Waals surface area contributed by atoms with Gasteiger partial charge in [-0.25, -0.2) is 0 Å². The van der Waals surface area contributed by atoms with E-state index in [2.05, 4.69) is 22.1 Å². The first-order valence-electron chi connectivity index (χ1n) is 8.61. The molecule has 2 aromatic carbocycles. The summed E-state index contributed by atoms with van der Waals surface area (Å²) in [5, 5.41) is 22.7. The van der Waals surface area contributed by atoms with Gasteiger partial charge in [-0.15, -0.1) is 5.10 Å². The van der Waals surface area contributed by atoms with Crippen LogP contribution in [0.1, 0.15) is 18.1 Å². The maximum absolute atomic E-state index is 8.38. The van der Waals surface area contributed by atoms with Crippen molar-refractivity contribution in [3.63, 3.8) is 0 Å². The quantitative estimate of drug-likeness (QED) is 0.553. The molecule has 3 aromatic rings. The summed E-state index contributed by atoms with van der Waals surface area (Å²) in [4.78, 5) is 2.23. The van der Waals surface area contributed by atoms with E-state index in [-0.39, 0.29) is 11.3 Å². The molecule has 0 bridgehead atoms. The third-order valence-electron chi connectivity index (χ3n) is 4.87. The lowest BCUT2D eigenvalue weighted by Gasteiger charge is -2.31. The highest BCUT2D eigenvalue weighted by Gasteiger charge is 2.21. The number of aromatic nitrogens is 2. The first kappa shape index (κ1) is 16.3. The molecule has 132 valence electrons. The number of benzene rings is 2. The molecule has 0 fully saturated rings. The Kier molecular flexibility index (Phi) is 3.95. The molecule has 0 atom stereocenters. The van der Waals surface area contributed by atoms with Crippen LogP contribution in [0.4, 0.5) is 5.82 Å². The molecule has 0 saturated heterocycles. The molecule has 0 aliphatic carbocycles. The summed E-state index contributed by atoms with van der Waals surface area (Å²) >= 11 is 0. The molecular formula is C20H21N5O. The fourth-order valence-electron chi connectivity index (χ4n) is 3.51. The second kappa shape index (κ2) is 6.29. The van der Waals surface area contributed by atoms with Crippen LogP contribution in [0.5, 0.6) is 5.75 Å². The fraction of sp³-hybridized carbons (Fsp3) is 0.250. The zero-order valence-corrected chi connectivity index (χ0v) is 14.9. The minimum atomic E-state index is 0.237. The van der Waals surface area contributed by atoms with E-state index in [1.54, 1.807) is 14.0 Å². The van der Waals surface area contributed by atoms with Crippen LogP contribution < -0.4 is 15.1 Å². The van der Waals surface area contributed by atoms with Crippen LogP contribution in [-0.4, -0.2) is 29.3 Å². The number of rotatable bonds is 2. The van der Waals surface area contributed by atoms with Gasteiger partial charge in [0.05, 0.1) is 7.11 Å². The highest BCUT2D eigenvalue weighted by Crippen LogP contribution is 2.29. The summed E-state index contributed by atoms with van der Waals surface area (Å²) in [5.41, 5.74) is 2.81. The molecule has 1 aromatic heterocycles. The highest BCUT2D eigenvalue weighted by atomic mass is 16.5. The Bertz CT molecular complexity index is 1070. The van der Waals surface area contributed by atoms with Gasteiger partial charge in [-0.2, -0.15) is 4.68 Å². The second-order valence-electron chi connectivity index (χ2n) is 6.52. The largest absolute Gasteiger partial charge is 0.497 e. The first-order chi connectivity index (χ1) is 12.6. The Labute approximate surface area is 151 Å². The van der Waals surface area contributed by atoms with Crippen molar-refractivity contribution >= 4 is 22.4 Å². The van der Waals surface area contributed by atoms with Gasteiger partial charge in [-0.1, -0.05) is 30.3 Å². The van der Waals surface area contributed by atoms with Crippen molar-refractivity contribution in [2.45, 2.75) is 19.9 Å². The van der Waals surface area contributed by atoms with Crippen molar-refractivity contribution in [1.82, 2.24) is 9.78 Å². The van der Waals surface area contributed by atoms with E-state index in [1.807, 2.05) is 30.3 Å². The number of nitrogens with zero attached hydrogens (tertiary/aromatic N) is 3. The zero-order chi connectivity index (χ0) is 18.3. The standard InChI is InChI=1S/C20H21N5O/c1-13(21)25-19(22)17-5-3-4-6-18(17)20(23-25)24-10-9-14-7-8-16(26-2)11-15(14)12-24/h3-8,11,21-22H,9-10,12H2,1-2H3. The summed E-state index contributed by atoms with van der Waals surface area (Å²) in [5.74, 6) is 1.91. The lowest BCUT2D eigenvalue weighted by atomic mass is 9.99. The monoisotopic (exact) mass is 347 g/mol. The number of methoxy groups -OCH3 is 1. The molecule has 1 aliphatic heterocycles. The average Bonchev–Trinajstić information content (AvgIpc) is 2.67. The molecule has 6 nitrogen and oxygen atoms in total. The molecule has 6 heteroatoms. The summed E-state index contributed by atoms with van der Waals surface area (Å²) in [6.45, 7) is 3.24. The minimum Gasteiger partial charge on any atom is -0.497 e. The van der Waals surface area contributed by atoms with Crippen LogP contribution in [0.3, 0.4) is 0 Å². The Balaban J connectivity index is 1.85. The third kappa shape index (κ3) is 2.63. The lowest BCUT2D eigenvalue weighted by molar-refractivity contribution is 0.413. The van der Waals surface area contributed by atoms with Crippen molar-refractivity contribution in [3.05, 3.63) is 59.1 Å². The van der Waals surface area contributed by atoms with Crippen LogP contribution >= 0.6 is 0 Å². The van der Waals surface area contributed by atoms with Crippen molar-refractivity contribution in [3.8, 4) is 5.75 Å². The fourth-order valence-corrected chi connectivity index (χ4v) is 3.51. The van der Waals surface area contributed by atoms with Crippen LogP contribution in [-0.2, 0) is 13.0 Å². The molecule has 0 radical (unpaired) electrons. The number of nitrogens with one attached hydrogen (secondary N) is 2. The molecular weight excluding hydrogens is 326 g/mol. The van der Waals surface area contributed by atoms with E-state index in [0.29, 0.717) is 0 Å². The average molecular weight is 347 g/mol. The maximum Gasteiger partial charge on any atom is 0.157 e. The van der Waals surface area contributed by atoms with E-state index in [1.165, 1.54) is 15.8 Å². The Morgan fingerprint density at radius 2 is 1.88 bits per heavy atom. The summed E-state index contributed by atoms with van der Waals surface area (Å²) in [6.07, 6.45) is 0.932. The van der Waals surface area contributed by atoms with E-state index in [9.17, 15) is 0 Å². The van der Waals surface area contributed by atoms with Gasteiger partial charge in [0.25, 0.3) is 0 Å². The Morgan fingerprint density at radius 1 is 1.12 bits per heavy atom. The van der Waals surface area contributed by atoms with Gasteiger partial charge < -0.3 is 9.64 Å². The smallest absolute Gasteiger partial charge is 0.157 e. The molecule has 0 amide bonds. The minimum absolute atomic E-state index is 0.237. The predicted octanol–water partition coefficient (Wildman–Crippen LogP) is 2.93. The molecule has 2 N–H and O–H groups in total. The van der Waals surface area contributed by atoms with Gasteiger partial charge in [0, 0.05) is 23.9 Å². The van der Waals surface area contributed by atoms with Crippen molar-refractivity contribution in [2.75, 3.05) is 18.6 Å². The Morgan fingerprint density at radius 3 is 2.62 bits per heavy atom. The molecule has 1 aliphatic rings. The molecule has 26 heavy (non-hydrogen) atoms. The van der Waals surface area contributed by atoms with E-state index < -0.39 is 0 Å². The third-order valence-corrected chi connectivity index (χ3v) is 4.87. The first-order valence-corrected chi connectivity index (χ1v) is 8.61. The van der Waals surface area contributed by atoms with Crippen molar-refractivity contribution < 1.29 is 4.74 Å². The number of fused-ring (bicyclic) bond motifs is 2. The summed E-state index contributed by atoms with van der Waals surface area (Å²) in [6, 6.07) is 14.0. The van der Waals surface area contributed by atoms with Gasteiger partial charge in [0.15, 0.2) is 11.3 Å². The van der Waals surface area contributed by atoms with Crippen LogP contribution in [0.15, 0.2) is 42.5 Å². The molecule has 2 heterocycles. The second-order valence-corrected chi connectivity index (χ2v) is 6.52. The number of hydrogen-bond acceptors (Lipinski definition) is 5. The molecule has 0 unspecified atom stereocenters. The van der Waals surface area contributed by atoms with E-state index in [4.69, 9.17) is 15.6 Å². The predicted molar refractivity (Wildman–Crippen MR) is 102 cm³/mol. The van der Waals surface area contributed by atoms with Gasteiger partial charge >= 0.3 is 0 Å². The number of anilines is 1. The SMILES string of the molecule is COc1ccc2c(c1)CN(c1nn(C(C)=N)c(=N)c3ccccc13)CC2. The van der Waals surface area contributed by atoms with E-state index >= 15 is 0 Å². The highest BCUT2D eigenvalue weighted by molar-refractivity contribution is 5.93. The molecule has 4 rings (SSSR count). The van der Waals surface area contributed by atoms with Gasteiger partial charge in [0.1, 0.15) is 11.6 Å². The van der Waals surface area contributed by atoms with Crippen molar-refractivity contribution in [1.29, 1.82) is 10.8 Å². The molecule has 0 saturated carbocycles. The summed E-state index contributed by atoms with van der Waals surface area (Å²) < 4.78 is 6.77. The van der Waals surface area contributed by atoms with Gasteiger partial charge in [-0.3, -0.25) is 10.8 Å². The molecule has 0 spiro atoms. The number of hydrogen-bond donors (Lipinski definition) is 2. The normalized spacial score (nSPS) is 13.5.